The van der Waals surface area contributed by atoms with Crippen LogP contribution in [0.1, 0.15) is 18.4 Å². The van der Waals surface area contributed by atoms with Crippen LogP contribution in [0.15, 0.2) is 28.4 Å². The minimum atomic E-state index is -0.560. The number of guanidine groups is 1. The molecule has 1 aromatic carbocycles. The average Bonchev–Trinajstić information content (AvgIpc) is 2.45. The summed E-state index contributed by atoms with van der Waals surface area (Å²) in [5, 5.41) is 5.91. The van der Waals surface area contributed by atoms with Crippen molar-refractivity contribution in [2.45, 2.75) is 25.4 Å². The third kappa shape index (κ3) is 5.75. The van der Waals surface area contributed by atoms with Crippen molar-refractivity contribution in [2.75, 3.05) is 12.3 Å². The van der Waals surface area contributed by atoms with E-state index in [0.717, 1.165) is 0 Å². The Hall–Kier alpha value is -2.68. The number of anilines is 1. The number of primary amides is 1. The summed E-state index contributed by atoms with van der Waals surface area (Å²) in [7, 11) is 0. The van der Waals surface area contributed by atoms with Crippen molar-refractivity contribution in [1.82, 2.24) is 5.32 Å². The van der Waals surface area contributed by atoms with Crippen LogP contribution in [0, 0.1) is 4.91 Å². The highest BCUT2D eigenvalue weighted by Crippen LogP contribution is 2.21. The lowest BCUT2D eigenvalue weighted by molar-refractivity contribution is -0.120. The normalized spacial score (nSPS) is 11.6. The number of benzene rings is 1. The fraction of sp³-hybridized carbons (Fsp3) is 0.385. The number of amides is 1. The first-order chi connectivity index (χ1) is 10.4. The van der Waals surface area contributed by atoms with E-state index in [1.807, 2.05) is 0 Å². The van der Waals surface area contributed by atoms with Crippen molar-refractivity contribution < 1.29 is 4.79 Å². The number of nitrogens with zero attached hydrogens (tertiary/aromatic N) is 2. The molecule has 0 saturated heterocycles. The third-order valence-electron chi connectivity index (χ3n) is 3.03. The molecule has 0 spiro atoms. The first-order valence-electron chi connectivity index (χ1n) is 6.74. The van der Waals surface area contributed by atoms with E-state index in [1.165, 1.54) is 6.07 Å². The number of nitrogens with two attached hydrogens (primary N) is 4. The molecule has 0 unspecified atom stereocenters. The highest BCUT2D eigenvalue weighted by Gasteiger charge is 2.15. The van der Waals surface area contributed by atoms with E-state index in [4.69, 9.17) is 22.9 Å². The van der Waals surface area contributed by atoms with Crippen LogP contribution in [0.2, 0.25) is 0 Å². The summed E-state index contributed by atoms with van der Waals surface area (Å²) >= 11 is 0. The maximum Gasteiger partial charge on any atom is 0.234 e. The molecule has 1 amide bonds. The third-order valence-corrected chi connectivity index (χ3v) is 3.03. The zero-order chi connectivity index (χ0) is 16.5. The van der Waals surface area contributed by atoms with E-state index in [2.05, 4.69) is 15.5 Å². The minimum absolute atomic E-state index is 0.00467. The fourth-order valence-electron chi connectivity index (χ4n) is 1.92. The van der Waals surface area contributed by atoms with Crippen LogP contribution in [-0.4, -0.2) is 24.5 Å². The van der Waals surface area contributed by atoms with Crippen LogP contribution < -0.4 is 28.3 Å². The number of nitrogen functional groups attached to an aromatic ring is 1. The van der Waals surface area contributed by atoms with Crippen molar-refractivity contribution in [3.05, 3.63) is 28.7 Å². The maximum absolute atomic E-state index is 11.4. The van der Waals surface area contributed by atoms with Gasteiger partial charge in [0.1, 0.15) is 5.69 Å². The first-order valence-corrected chi connectivity index (χ1v) is 6.74. The average molecular weight is 307 g/mol. The number of hydrogen-bond donors (Lipinski definition) is 5. The van der Waals surface area contributed by atoms with Gasteiger partial charge in [-0.05, 0) is 41.8 Å². The Morgan fingerprint density at radius 1 is 1.27 bits per heavy atom. The van der Waals surface area contributed by atoms with Crippen molar-refractivity contribution in [3.8, 4) is 0 Å². The van der Waals surface area contributed by atoms with E-state index in [9.17, 15) is 9.70 Å². The van der Waals surface area contributed by atoms with Gasteiger partial charge in [-0.3, -0.25) is 9.79 Å². The number of rotatable bonds is 9. The lowest BCUT2D eigenvalue weighted by Gasteiger charge is -2.15. The number of nitroso groups, excluding NO2 is 1. The predicted octanol–water partition coefficient (Wildman–Crippen LogP) is -0.336. The second kappa shape index (κ2) is 8.57. The monoisotopic (exact) mass is 307 g/mol. The molecule has 1 rings (SSSR count). The highest BCUT2D eigenvalue weighted by molar-refractivity contribution is 5.79. The Balaban J connectivity index is 2.61. The number of aliphatic imine (C=N–C) groups is 1. The largest absolute Gasteiger partial charge is 0.399 e. The molecular weight excluding hydrogens is 286 g/mol. The Kier molecular flexibility index (Phi) is 6.77. The zero-order valence-corrected chi connectivity index (χ0v) is 12.2. The quantitative estimate of drug-likeness (QED) is 0.137. The second-order valence-electron chi connectivity index (χ2n) is 4.76. The van der Waals surface area contributed by atoms with Crippen molar-refractivity contribution in [1.29, 1.82) is 0 Å². The van der Waals surface area contributed by atoms with Gasteiger partial charge in [0.2, 0.25) is 5.91 Å². The Labute approximate surface area is 128 Å². The second-order valence-corrected chi connectivity index (χ2v) is 4.76. The molecule has 9 heteroatoms. The van der Waals surface area contributed by atoms with Crippen molar-refractivity contribution in [3.63, 3.8) is 0 Å². The molecule has 9 N–H and O–H groups in total. The lowest BCUT2D eigenvalue weighted by atomic mass is 10.1. The Morgan fingerprint density at radius 3 is 2.59 bits per heavy atom. The van der Waals surface area contributed by atoms with Crippen LogP contribution in [0.5, 0.6) is 0 Å². The van der Waals surface area contributed by atoms with Crippen molar-refractivity contribution >= 4 is 23.2 Å². The van der Waals surface area contributed by atoms with E-state index in [-0.39, 0.29) is 18.2 Å². The molecule has 0 fully saturated rings. The molecule has 22 heavy (non-hydrogen) atoms. The minimum Gasteiger partial charge on any atom is -0.399 e. The van der Waals surface area contributed by atoms with Crippen LogP contribution in [-0.2, 0) is 11.3 Å². The molecule has 1 atom stereocenters. The van der Waals surface area contributed by atoms with Crippen LogP contribution >= 0.6 is 0 Å². The van der Waals surface area contributed by atoms with Gasteiger partial charge < -0.3 is 28.3 Å². The molecule has 0 aliphatic heterocycles. The number of carbonyl (C=O) groups is 1. The van der Waals surface area contributed by atoms with E-state index >= 15 is 0 Å². The summed E-state index contributed by atoms with van der Waals surface area (Å²) in [4.78, 5) is 26.0. The summed E-state index contributed by atoms with van der Waals surface area (Å²) in [6.45, 7) is 0.662. The van der Waals surface area contributed by atoms with Gasteiger partial charge >= 0.3 is 0 Å². The summed E-state index contributed by atoms with van der Waals surface area (Å²) in [6, 6.07) is 4.18. The highest BCUT2D eigenvalue weighted by atomic mass is 16.3. The standard InChI is InChI=1S/C13H21N7O2/c14-9-3-4-10(20-22)8(6-9)7-19-11(12(15)21)2-1-5-18-13(16)17/h3-4,6,11,19H,1-2,5,7,14H2,(H2,15,21)(H4,16,17,18)/t11-/m0/s1. The molecule has 0 aromatic heterocycles. The molecule has 120 valence electrons. The molecule has 0 bridgehead atoms. The molecule has 0 radical (unpaired) electrons. The number of nitrogens with one attached hydrogen (secondary N) is 1. The van der Waals surface area contributed by atoms with Gasteiger partial charge in [-0.1, -0.05) is 0 Å². The topological polar surface area (TPSA) is 175 Å². The van der Waals surface area contributed by atoms with E-state index in [0.29, 0.717) is 30.6 Å². The van der Waals surface area contributed by atoms with Gasteiger partial charge in [-0.15, -0.1) is 4.91 Å². The Morgan fingerprint density at radius 2 is 2.00 bits per heavy atom. The molecule has 1 aromatic rings. The van der Waals surface area contributed by atoms with Gasteiger partial charge in [0.05, 0.1) is 6.04 Å². The Bertz CT molecular complexity index is 555. The zero-order valence-electron chi connectivity index (χ0n) is 12.2. The van der Waals surface area contributed by atoms with Crippen LogP contribution in [0.3, 0.4) is 0 Å². The molecule has 0 aliphatic rings. The number of carbonyl (C=O) groups excluding carboxylic acids is 1. The van der Waals surface area contributed by atoms with Gasteiger partial charge in [0, 0.05) is 18.8 Å². The van der Waals surface area contributed by atoms with Gasteiger partial charge in [0.15, 0.2) is 5.96 Å². The molecule has 0 saturated carbocycles. The first kappa shape index (κ1) is 17.4. The molecule has 9 nitrogen and oxygen atoms in total. The lowest BCUT2D eigenvalue weighted by Crippen LogP contribution is -2.41. The SMILES string of the molecule is NC(=O)[C@H](CCCN=C(N)N)NCc1cc(N)ccc1N=O. The summed E-state index contributed by atoms with van der Waals surface area (Å²) in [5.41, 5.74) is 22.8. The maximum atomic E-state index is 11.4. The van der Waals surface area contributed by atoms with Crippen molar-refractivity contribution in [2.24, 2.45) is 27.4 Å². The smallest absolute Gasteiger partial charge is 0.234 e. The summed E-state index contributed by atoms with van der Waals surface area (Å²) < 4.78 is 0. The fourth-order valence-corrected chi connectivity index (χ4v) is 1.92. The van der Waals surface area contributed by atoms with Gasteiger partial charge in [-0.25, -0.2) is 0 Å². The van der Waals surface area contributed by atoms with Crippen LogP contribution in [0.25, 0.3) is 0 Å². The molecule has 0 aliphatic carbocycles. The number of hydrogen-bond acceptors (Lipinski definition) is 6. The van der Waals surface area contributed by atoms with E-state index < -0.39 is 11.9 Å². The molecule has 0 heterocycles. The summed E-state index contributed by atoms with van der Waals surface area (Å²) in [5.74, 6) is -0.487. The molecular formula is C13H21N7O2. The van der Waals surface area contributed by atoms with Crippen LogP contribution in [0.4, 0.5) is 11.4 Å². The predicted molar refractivity (Wildman–Crippen MR) is 86.0 cm³/mol. The summed E-state index contributed by atoms with van der Waals surface area (Å²) in [6.07, 6.45) is 1.06. The van der Waals surface area contributed by atoms with Gasteiger partial charge in [0.25, 0.3) is 0 Å². The van der Waals surface area contributed by atoms with E-state index in [1.54, 1.807) is 12.1 Å². The van der Waals surface area contributed by atoms with Gasteiger partial charge in [-0.2, -0.15) is 0 Å².